The number of amides is 1. The first-order valence-corrected chi connectivity index (χ1v) is 16.0. The van der Waals surface area contributed by atoms with Gasteiger partial charge in [0.25, 0.3) is 0 Å². The van der Waals surface area contributed by atoms with Crippen molar-refractivity contribution in [2.45, 2.75) is 46.6 Å². The van der Waals surface area contributed by atoms with Gasteiger partial charge in [0, 0.05) is 20.2 Å². The molecule has 0 saturated carbocycles. The number of carbonyl (C=O) groups is 1. The third-order valence-corrected chi connectivity index (χ3v) is 5.72. The zero-order valence-electron chi connectivity index (χ0n) is 28.5. The molecule has 0 saturated heterocycles. The van der Waals surface area contributed by atoms with Crippen molar-refractivity contribution in [3.05, 3.63) is 0 Å². The predicted octanol–water partition coefficient (Wildman–Crippen LogP) is 3.07. The van der Waals surface area contributed by atoms with Crippen LogP contribution in [-0.4, -0.2) is 162 Å². The molecule has 0 aliphatic carbocycles. The Morgan fingerprint density at radius 3 is 1.07 bits per heavy atom. The molecule has 1 atom stereocenters. The maximum Gasteiger partial charge on any atom is 0.410 e. The van der Waals surface area contributed by atoms with Crippen molar-refractivity contribution in [2.24, 2.45) is 5.92 Å². The maximum absolute atomic E-state index is 11.8. The molecule has 0 aliphatic heterocycles. The predicted molar refractivity (Wildman–Crippen MR) is 167 cm³/mol. The molecule has 0 radical (unpaired) electrons. The number of nitrogens with zero attached hydrogens (tertiary/aromatic N) is 1. The topological polar surface area (TPSA) is 122 Å². The van der Waals surface area contributed by atoms with E-state index in [0.29, 0.717) is 138 Å². The first kappa shape index (κ1) is 42.9. The minimum Gasteiger partial charge on any atom is -0.444 e. The molecule has 13 heteroatoms. The summed E-state index contributed by atoms with van der Waals surface area (Å²) >= 11 is 0. The summed E-state index contributed by atoms with van der Waals surface area (Å²) in [6, 6.07) is 0. The van der Waals surface area contributed by atoms with Gasteiger partial charge in [0.2, 0.25) is 0 Å². The average molecular weight is 642 g/mol. The van der Waals surface area contributed by atoms with Crippen molar-refractivity contribution < 1.29 is 56.9 Å². The van der Waals surface area contributed by atoms with E-state index in [1.807, 2.05) is 20.8 Å². The van der Waals surface area contributed by atoms with E-state index < -0.39 is 5.60 Å². The minimum atomic E-state index is -0.507. The molecule has 1 unspecified atom stereocenters. The van der Waals surface area contributed by atoms with E-state index in [1.165, 1.54) is 4.90 Å². The molecule has 0 aliphatic rings. The number of ether oxygens (including phenoxy) is 11. The molecular formula is C31H63NO12. The van der Waals surface area contributed by atoms with Gasteiger partial charge in [-0.05, 0) is 26.7 Å². The lowest BCUT2D eigenvalue weighted by Crippen LogP contribution is -2.36. The van der Waals surface area contributed by atoms with Crippen LogP contribution in [-0.2, 0) is 52.1 Å². The number of rotatable bonds is 33. The summed E-state index contributed by atoms with van der Waals surface area (Å²) in [5.41, 5.74) is -0.507. The summed E-state index contributed by atoms with van der Waals surface area (Å²) in [4.78, 5) is 13.3. The van der Waals surface area contributed by atoms with Gasteiger partial charge in [-0.3, -0.25) is 0 Å². The molecule has 0 aromatic heterocycles. The SMILES string of the molecule is CCC(C)COCCOCCOCCOCCOCCOCCOCCOCCOCCOCCN(C)C(=O)OC(C)(C)C. The van der Waals surface area contributed by atoms with Crippen LogP contribution in [0, 0.1) is 5.92 Å². The van der Waals surface area contributed by atoms with Gasteiger partial charge in [0.1, 0.15) is 5.60 Å². The van der Waals surface area contributed by atoms with E-state index >= 15 is 0 Å². The molecule has 0 N–H and O–H groups in total. The number of hydrogen-bond donors (Lipinski definition) is 0. The molecule has 0 bridgehead atoms. The van der Waals surface area contributed by atoms with Crippen LogP contribution in [0.5, 0.6) is 0 Å². The van der Waals surface area contributed by atoms with Gasteiger partial charge in [0.15, 0.2) is 0 Å². The fraction of sp³-hybridized carbons (Fsp3) is 0.968. The van der Waals surface area contributed by atoms with Crippen LogP contribution in [0.15, 0.2) is 0 Å². The lowest BCUT2D eigenvalue weighted by molar-refractivity contribution is -0.0270. The van der Waals surface area contributed by atoms with Crippen LogP contribution in [0.3, 0.4) is 0 Å². The monoisotopic (exact) mass is 641 g/mol. The van der Waals surface area contributed by atoms with E-state index in [9.17, 15) is 4.79 Å². The Hall–Kier alpha value is -1.13. The quantitative estimate of drug-likeness (QED) is 0.0980. The van der Waals surface area contributed by atoms with Gasteiger partial charge in [-0.2, -0.15) is 0 Å². The van der Waals surface area contributed by atoms with Crippen molar-refractivity contribution >= 4 is 6.09 Å². The summed E-state index contributed by atoms with van der Waals surface area (Å²) in [5, 5.41) is 0. The van der Waals surface area contributed by atoms with Crippen molar-refractivity contribution in [2.75, 3.05) is 146 Å². The molecule has 1 amide bonds. The van der Waals surface area contributed by atoms with E-state index in [4.69, 9.17) is 52.1 Å². The second kappa shape index (κ2) is 31.8. The van der Waals surface area contributed by atoms with E-state index in [-0.39, 0.29) is 6.09 Å². The molecular weight excluding hydrogens is 578 g/mol. The largest absolute Gasteiger partial charge is 0.444 e. The van der Waals surface area contributed by atoms with Crippen molar-refractivity contribution in [1.82, 2.24) is 4.90 Å². The van der Waals surface area contributed by atoms with Gasteiger partial charge >= 0.3 is 6.09 Å². The first-order valence-electron chi connectivity index (χ1n) is 16.0. The Kier molecular flexibility index (Phi) is 31.0. The van der Waals surface area contributed by atoms with Crippen LogP contribution in [0.25, 0.3) is 0 Å². The summed E-state index contributed by atoms with van der Waals surface area (Å²) < 4.78 is 60.1. The fourth-order valence-electron chi connectivity index (χ4n) is 3.01. The second-order valence-corrected chi connectivity index (χ2v) is 11.0. The zero-order chi connectivity index (χ0) is 32.6. The van der Waals surface area contributed by atoms with Gasteiger partial charge in [0.05, 0.1) is 126 Å². The summed E-state index contributed by atoms with van der Waals surface area (Å²) in [7, 11) is 1.68. The first-order chi connectivity index (χ1) is 21.3. The Morgan fingerprint density at radius 1 is 0.523 bits per heavy atom. The highest BCUT2D eigenvalue weighted by atomic mass is 16.6. The average Bonchev–Trinajstić information content (AvgIpc) is 2.98. The third kappa shape index (κ3) is 33.8. The highest BCUT2D eigenvalue weighted by molar-refractivity contribution is 5.67. The van der Waals surface area contributed by atoms with Crippen molar-refractivity contribution in [3.63, 3.8) is 0 Å². The standard InChI is InChI=1S/C31H63NO12/c1-7-29(2)28-43-27-26-42-25-24-41-23-22-40-21-20-39-19-18-38-17-16-37-15-14-36-13-12-35-11-10-34-9-8-32(6)30(33)44-31(3,4)5/h29H,7-28H2,1-6H3. The molecule has 0 aromatic carbocycles. The Bertz CT molecular complexity index is 609. The molecule has 0 aromatic rings. The summed E-state index contributed by atoms with van der Waals surface area (Å²) in [5.74, 6) is 0.595. The highest BCUT2D eigenvalue weighted by Crippen LogP contribution is 2.08. The van der Waals surface area contributed by atoms with Crippen molar-refractivity contribution in [3.8, 4) is 0 Å². The van der Waals surface area contributed by atoms with Crippen LogP contribution in [0.4, 0.5) is 4.79 Å². The fourth-order valence-corrected chi connectivity index (χ4v) is 3.01. The molecule has 0 rings (SSSR count). The van der Waals surface area contributed by atoms with Crippen LogP contribution >= 0.6 is 0 Å². The van der Waals surface area contributed by atoms with Gasteiger partial charge in [-0.1, -0.05) is 20.3 Å². The second-order valence-electron chi connectivity index (χ2n) is 11.0. The Balaban J connectivity index is 3.16. The molecule has 0 heterocycles. The summed E-state index contributed by atoms with van der Waals surface area (Å²) in [6.45, 7) is 20.8. The maximum atomic E-state index is 11.8. The molecule has 13 nitrogen and oxygen atoms in total. The minimum absolute atomic E-state index is 0.362. The number of hydrogen-bond acceptors (Lipinski definition) is 12. The van der Waals surface area contributed by atoms with Crippen LogP contribution in [0.2, 0.25) is 0 Å². The van der Waals surface area contributed by atoms with Crippen molar-refractivity contribution in [1.29, 1.82) is 0 Å². The Labute approximate surface area is 266 Å². The lowest BCUT2D eigenvalue weighted by atomic mass is 10.1. The molecule has 44 heavy (non-hydrogen) atoms. The zero-order valence-corrected chi connectivity index (χ0v) is 28.5. The van der Waals surface area contributed by atoms with E-state index in [0.717, 1.165) is 13.0 Å². The van der Waals surface area contributed by atoms with E-state index in [1.54, 1.807) is 7.05 Å². The number of likely N-dealkylation sites (N-methyl/N-ethyl adjacent to an activating group) is 1. The highest BCUT2D eigenvalue weighted by Gasteiger charge is 2.19. The number of carbonyl (C=O) groups excluding carboxylic acids is 1. The lowest BCUT2D eigenvalue weighted by Gasteiger charge is -2.24. The molecule has 0 spiro atoms. The third-order valence-electron chi connectivity index (χ3n) is 5.72. The van der Waals surface area contributed by atoms with Gasteiger partial charge in [-0.15, -0.1) is 0 Å². The normalized spacial score (nSPS) is 12.5. The summed E-state index contributed by atoms with van der Waals surface area (Å²) in [6.07, 6.45) is 0.769. The van der Waals surface area contributed by atoms with Gasteiger partial charge in [-0.25, -0.2) is 4.79 Å². The van der Waals surface area contributed by atoms with Gasteiger partial charge < -0.3 is 57.0 Å². The van der Waals surface area contributed by atoms with Crippen LogP contribution < -0.4 is 0 Å². The smallest absolute Gasteiger partial charge is 0.410 e. The van der Waals surface area contributed by atoms with E-state index in [2.05, 4.69) is 13.8 Å². The Morgan fingerprint density at radius 2 is 0.795 bits per heavy atom. The van der Waals surface area contributed by atoms with Crippen LogP contribution in [0.1, 0.15) is 41.0 Å². The molecule has 264 valence electrons. The molecule has 0 fully saturated rings.